The quantitative estimate of drug-likeness (QED) is 0.732. The van der Waals surface area contributed by atoms with Crippen LogP contribution in [0.4, 0.5) is 4.39 Å². The number of hydrogen-bond acceptors (Lipinski definition) is 2. The molecule has 0 heterocycles. The van der Waals surface area contributed by atoms with Gasteiger partial charge in [0.1, 0.15) is 5.82 Å². The van der Waals surface area contributed by atoms with Gasteiger partial charge in [-0.1, -0.05) is 6.07 Å². The SMILES string of the molecule is COCc1cc(F)ccc1CCCCN. The molecule has 1 aromatic carbocycles. The van der Waals surface area contributed by atoms with Crippen LogP contribution < -0.4 is 5.73 Å². The molecule has 0 atom stereocenters. The lowest BCUT2D eigenvalue weighted by atomic mass is 10.0. The van der Waals surface area contributed by atoms with Crippen LogP contribution in [-0.2, 0) is 17.8 Å². The number of ether oxygens (including phenoxy) is 1. The molecule has 0 spiro atoms. The number of unbranched alkanes of at least 4 members (excludes halogenated alkanes) is 1. The lowest BCUT2D eigenvalue weighted by Crippen LogP contribution is -2.01. The second kappa shape index (κ2) is 6.53. The Labute approximate surface area is 90.2 Å². The van der Waals surface area contributed by atoms with E-state index in [1.807, 2.05) is 6.07 Å². The van der Waals surface area contributed by atoms with Gasteiger partial charge in [-0.3, -0.25) is 0 Å². The smallest absolute Gasteiger partial charge is 0.123 e. The van der Waals surface area contributed by atoms with Crippen LogP contribution in [0, 0.1) is 5.82 Å². The van der Waals surface area contributed by atoms with Crippen molar-refractivity contribution >= 4 is 0 Å². The second-order valence-electron chi connectivity index (χ2n) is 3.59. The van der Waals surface area contributed by atoms with Crippen LogP contribution >= 0.6 is 0 Å². The average Bonchev–Trinajstić information content (AvgIpc) is 2.22. The van der Waals surface area contributed by atoms with Crippen molar-refractivity contribution in [2.75, 3.05) is 13.7 Å². The molecule has 2 nitrogen and oxygen atoms in total. The maximum Gasteiger partial charge on any atom is 0.123 e. The summed E-state index contributed by atoms with van der Waals surface area (Å²) in [5, 5.41) is 0. The third-order valence-corrected chi connectivity index (χ3v) is 2.37. The Hall–Kier alpha value is -0.930. The first-order valence-corrected chi connectivity index (χ1v) is 5.24. The average molecular weight is 211 g/mol. The fourth-order valence-corrected chi connectivity index (χ4v) is 1.59. The third kappa shape index (κ3) is 3.98. The number of rotatable bonds is 6. The van der Waals surface area contributed by atoms with Gasteiger partial charge in [-0.05, 0) is 49.1 Å². The first kappa shape index (κ1) is 12.1. The molecule has 1 aromatic rings. The Morgan fingerprint density at radius 1 is 1.27 bits per heavy atom. The van der Waals surface area contributed by atoms with E-state index >= 15 is 0 Å². The molecular weight excluding hydrogens is 193 g/mol. The van der Waals surface area contributed by atoms with Gasteiger partial charge in [-0.25, -0.2) is 4.39 Å². The van der Waals surface area contributed by atoms with Crippen molar-refractivity contribution in [2.24, 2.45) is 5.73 Å². The normalized spacial score (nSPS) is 10.6. The molecule has 0 radical (unpaired) electrons. The van der Waals surface area contributed by atoms with E-state index in [1.165, 1.54) is 6.07 Å². The molecule has 1 rings (SSSR count). The summed E-state index contributed by atoms with van der Waals surface area (Å²) in [7, 11) is 1.62. The van der Waals surface area contributed by atoms with Gasteiger partial charge in [-0.2, -0.15) is 0 Å². The van der Waals surface area contributed by atoms with E-state index in [1.54, 1.807) is 13.2 Å². The highest BCUT2D eigenvalue weighted by Crippen LogP contribution is 2.15. The summed E-state index contributed by atoms with van der Waals surface area (Å²) in [6.45, 7) is 1.18. The molecule has 0 unspecified atom stereocenters. The van der Waals surface area contributed by atoms with Gasteiger partial charge in [0.25, 0.3) is 0 Å². The molecule has 2 N–H and O–H groups in total. The lowest BCUT2D eigenvalue weighted by molar-refractivity contribution is 0.184. The van der Waals surface area contributed by atoms with Gasteiger partial charge in [0.2, 0.25) is 0 Å². The summed E-state index contributed by atoms with van der Waals surface area (Å²) in [5.41, 5.74) is 7.53. The van der Waals surface area contributed by atoms with Gasteiger partial charge < -0.3 is 10.5 Å². The van der Waals surface area contributed by atoms with E-state index < -0.39 is 0 Å². The van der Waals surface area contributed by atoms with Crippen molar-refractivity contribution in [3.05, 3.63) is 35.1 Å². The Balaban J connectivity index is 2.67. The predicted molar refractivity (Wildman–Crippen MR) is 59.1 cm³/mol. The predicted octanol–water partition coefficient (Wildman–Crippen LogP) is 2.25. The summed E-state index contributed by atoms with van der Waals surface area (Å²) in [5.74, 6) is -0.204. The number of methoxy groups -OCH3 is 1. The molecule has 84 valence electrons. The monoisotopic (exact) mass is 211 g/mol. The van der Waals surface area contributed by atoms with Crippen molar-refractivity contribution < 1.29 is 9.13 Å². The molecule has 0 aromatic heterocycles. The molecule has 0 aliphatic rings. The van der Waals surface area contributed by atoms with Crippen molar-refractivity contribution in [1.29, 1.82) is 0 Å². The van der Waals surface area contributed by atoms with Crippen molar-refractivity contribution in [2.45, 2.75) is 25.9 Å². The zero-order valence-corrected chi connectivity index (χ0v) is 9.13. The summed E-state index contributed by atoms with van der Waals surface area (Å²) in [6, 6.07) is 4.87. The summed E-state index contributed by atoms with van der Waals surface area (Å²) < 4.78 is 18.0. The Morgan fingerprint density at radius 3 is 2.73 bits per heavy atom. The number of halogens is 1. The van der Waals surface area contributed by atoms with Crippen LogP contribution in [0.3, 0.4) is 0 Å². The summed E-state index contributed by atoms with van der Waals surface area (Å²) >= 11 is 0. The summed E-state index contributed by atoms with van der Waals surface area (Å²) in [6.07, 6.45) is 2.98. The zero-order chi connectivity index (χ0) is 11.1. The number of nitrogens with two attached hydrogens (primary N) is 1. The minimum atomic E-state index is -0.204. The third-order valence-electron chi connectivity index (χ3n) is 2.37. The first-order chi connectivity index (χ1) is 7.27. The molecule has 0 aliphatic heterocycles. The molecule has 0 saturated heterocycles. The van der Waals surface area contributed by atoms with Gasteiger partial charge in [0, 0.05) is 7.11 Å². The Kier molecular flexibility index (Phi) is 5.29. The minimum Gasteiger partial charge on any atom is -0.380 e. The van der Waals surface area contributed by atoms with Crippen LogP contribution in [-0.4, -0.2) is 13.7 Å². The zero-order valence-electron chi connectivity index (χ0n) is 9.13. The van der Waals surface area contributed by atoms with E-state index in [-0.39, 0.29) is 5.82 Å². The van der Waals surface area contributed by atoms with E-state index in [9.17, 15) is 4.39 Å². The second-order valence-corrected chi connectivity index (χ2v) is 3.59. The Bertz CT molecular complexity index is 302. The van der Waals surface area contributed by atoms with Gasteiger partial charge in [0.15, 0.2) is 0 Å². The van der Waals surface area contributed by atoms with E-state index in [0.717, 1.165) is 30.4 Å². The largest absolute Gasteiger partial charge is 0.380 e. The standard InChI is InChI=1S/C12H18FNO/c1-15-9-11-8-12(13)6-5-10(11)4-2-3-7-14/h5-6,8H,2-4,7,9,14H2,1H3. The van der Waals surface area contributed by atoms with Crippen LogP contribution in [0.1, 0.15) is 24.0 Å². The van der Waals surface area contributed by atoms with Gasteiger partial charge in [-0.15, -0.1) is 0 Å². The summed E-state index contributed by atoms with van der Waals surface area (Å²) in [4.78, 5) is 0. The van der Waals surface area contributed by atoms with Gasteiger partial charge >= 0.3 is 0 Å². The number of hydrogen-bond donors (Lipinski definition) is 1. The molecule has 0 bridgehead atoms. The highest BCUT2D eigenvalue weighted by molar-refractivity contribution is 5.27. The highest BCUT2D eigenvalue weighted by Gasteiger charge is 2.03. The molecular formula is C12H18FNO. The van der Waals surface area contributed by atoms with Crippen LogP contribution in [0.15, 0.2) is 18.2 Å². The highest BCUT2D eigenvalue weighted by atomic mass is 19.1. The molecule has 0 amide bonds. The topological polar surface area (TPSA) is 35.2 Å². The van der Waals surface area contributed by atoms with Crippen LogP contribution in [0.2, 0.25) is 0 Å². The van der Waals surface area contributed by atoms with Crippen molar-refractivity contribution in [1.82, 2.24) is 0 Å². The van der Waals surface area contributed by atoms with Crippen molar-refractivity contribution in [3.63, 3.8) is 0 Å². The lowest BCUT2D eigenvalue weighted by Gasteiger charge is -2.08. The van der Waals surface area contributed by atoms with E-state index in [2.05, 4.69) is 0 Å². The first-order valence-electron chi connectivity index (χ1n) is 5.24. The number of benzene rings is 1. The molecule has 0 saturated carbocycles. The van der Waals surface area contributed by atoms with Crippen LogP contribution in [0.5, 0.6) is 0 Å². The number of aryl methyl sites for hydroxylation is 1. The Morgan fingerprint density at radius 2 is 2.07 bits per heavy atom. The molecule has 15 heavy (non-hydrogen) atoms. The maximum atomic E-state index is 13.0. The molecule has 3 heteroatoms. The molecule has 0 aliphatic carbocycles. The molecule has 0 fully saturated rings. The minimum absolute atomic E-state index is 0.204. The van der Waals surface area contributed by atoms with E-state index in [4.69, 9.17) is 10.5 Å². The fourth-order valence-electron chi connectivity index (χ4n) is 1.59. The maximum absolute atomic E-state index is 13.0. The van der Waals surface area contributed by atoms with Crippen LogP contribution in [0.25, 0.3) is 0 Å². The van der Waals surface area contributed by atoms with Gasteiger partial charge in [0.05, 0.1) is 6.61 Å². The van der Waals surface area contributed by atoms with E-state index in [0.29, 0.717) is 13.2 Å². The van der Waals surface area contributed by atoms with Crippen molar-refractivity contribution in [3.8, 4) is 0 Å². The fraction of sp³-hybridized carbons (Fsp3) is 0.500.